The van der Waals surface area contributed by atoms with Crippen molar-refractivity contribution in [1.82, 2.24) is 50.3 Å². The molecule has 0 bridgehead atoms. The average Bonchev–Trinajstić information content (AvgIpc) is 4.49. The van der Waals surface area contributed by atoms with Crippen molar-refractivity contribution in [2.45, 2.75) is 168 Å². The van der Waals surface area contributed by atoms with E-state index in [4.69, 9.17) is 5.10 Å². The van der Waals surface area contributed by atoms with Crippen molar-refractivity contribution >= 4 is 52.4 Å². The monoisotopic (exact) mass is 1130 g/mol. The van der Waals surface area contributed by atoms with E-state index in [2.05, 4.69) is 35.6 Å². The third-order valence-electron chi connectivity index (χ3n) is 17.0. The molecule has 5 aromatic rings. The van der Waals surface area contributed by atoms with Crippen LogP contribution in [0.5, 0.6) is 0 Å². The molecule has 17 nitrogen and oxygen atoms in total. The van der Waals surface area contributed by atoms with E-state index in [1.54, 1.807) is 53.5 Å². The molecule has 4 N–H and O–H groups in total. The van der Waals surface area contributed by atoms with Gasteiger partial charge in [-0.1, -0.05) is 77.1 Å². The molecule has 81 heavy (non-hydrogen) atoms. The van der Waals surface area contributed by atoms with E-state index < -0.39 is 35.8 Å². The predicted octanol–water partition coefficient (Wildman–Crippen LogP) is 9.91. The van der Waals surface area contributed by atoms with Crippen molar-refractivity contribution in [3.63, 3.8) is 0 Å². The Labute approximate surface area is 478 Å². The van der Waals surface area contributed by atoms with Gasteiger partial charge in [0.2, 0.25) is 17.7 Å². The standard InChI is InChI=1S/C61H81F2N11O6S/c1-38-55(81-37-66-38)40-20-18-39(19-21-40)33-65-59(79)48-31-44(75)30-46(48)54(78)56(61(2,3)4)68-52(76)16-12-10-8-7-9-11-13-17-53(77)71-26-22-43(23-27-71)74-50-24-28-72(60(80)64-5)36-49(50)58(69-74)73-25-14-15-41-29-45(42-34-67-70(6)35-42)47(57(62)63)32-51(41)73/h18-21,29,32,34-35,37,43-44,46,48,56-57,75H,7-17,22-28,30-31,33,36H2,1-6H3,(H,64,80)(H,65,79)(H,68,76)/t44-,46?,48+,56+/m0/s1. The molecule has 2 fully saturated rings. The van der Waals surface area contributed by atoms with Crippen LogP contribution in [0.4, 0.5) is 25.1 Å². The van der Waals surface area contributed by atoms with Gasteiger partial charge in [0.1, 0.15) is 0 Å². The van der Waals surface area contributed by atoms with Crippen LogP contribution in [0.2, 0.25) is 0 Å². The lowest BCUT2D eigenvalue weighted by Gasteiger charge is -2.34. The maximum Gasteiger partial charge on any atom is 0.317 e. The molecule has 5 amide bonds. The molecule has 4 aliphatic rings. The highest BCUT2D eigenvalue weighted by molar-refractivity contribution is 7.13. The van der Waals surface area contributed by atoms with Gasteiger partial charge in [0.25, 0.3) is 6.43 Å². The van der Waals surface area contributed by atoms with Crippen LogP contribution in [0.1, 0.15) is 157 Å². The van der Waals surface area contributed by atoms with Gasteiger partial charge in [-0.25, -0.2) is 18.6 Å². The number of benzene rings is 2. The molecule has 1 saturated heterocycles. The Morgan fingerprint density at radius 3 is 2.22 bits per heavy atom. The minimum Gasteiger partial charge on any atom is -0.393 e. The van der Waals surface area contributed by atoms with Gasteiger partial charge in [0, 0.05) is 106 Å². The Balaban J connectivity index is 0.703. The van der Waals surface area contributed by atoms with E-state index in [0.29, 0.717) is 81.2 Å². The fraction of sp³-hybridized carbons (Fsp3) is 0.574. The van der Waals surface area contributed by atoms with Gasteiger partial charge >= 0.3 is 6.03 Å². The van der Waals surface area contributed by atoms with E-state index in [9.17, 15) is 37.9 Å². The number of fused-ring (bicyclic) bond motifs is 2. The number of alkyl halides is 2. The van der Waals surface area contributed by atoms with Gasteiger partial charge in [-0.2, -0.15) is 10.2 Å². The Morgan fingerprint density at radius 2 is 1.57 bits per heavy atom. The van der Waals surface area contributed by atoms with E-state index in [0.717, 1.165) is 103 Å². The van der Waals surface area contributed by atoms with Crippen LogP contribution >= 0.6 is 11.3 Å². The number of aromatic nitrogens is 5. The van der Waals surface area contributed by atoms with Crippen LogP contribution in [0, 0.1) is 24.2 Å². The van der Waals surface area contributed by atoms with Crippen molar-refractivity contribution in [3.05, 3.63) is 87.9 Å². The van der Waals surface area contributed by atoms with Gasteiger partial charge < -0.3 is 35.8 Å². The number of unbranched alkanes of at least 4 members (excludes halogenated alkanes) is 6. The first-order valence-corrected chi connectivity index (χ1v) is 30.1. The van der Waals surface area contributed by atoms with E-state index in [1.807, 2.05) is 68.4 Å². The zero-order valence-corrected chi connectivity index (χ0v) is 48.8. The molecule has 0 spiro atoms. The Hall–Kier alpha value is -6.54. The molecule has 1 unspecified atom stereocenters. The number of amides is 5. The van der Waals surface area contributed by atoms with Gasteiger partial charge in [0.05, 0.1) is 52.9 Å². The lowest BCUT2D eigenvalue weighted by molar-refractivity contribution is -0.137. The highest BCUT2D eigenvalue weighted by Gasteiger charge is 2.47. The Kier molecular flexibility index (Phi) is 19.1. The lowest BCUT2D eigenvalue weighted by atomic mass is 9.77. The smallest absolute Gasteiger partial charge is 0.317 e. The minimum absolute atomic E-state index is 0.0470. The molecular weight excluding hydrogens is 1050 g/mol. The van der Waals surface area contributed by atoms with Gasteiger partial charge in [-0.05, 0) is 98.1 Å². The third kappa shape index (κ3) is 13.9. The molecule has 2 aromatic carbocycles. The first-order chi connectivity index (χ1) is 38.9. The van der Waals surface area contributed by atoms with Crippen LogP contribution in [0.25, 0.3) is 21.6 Å². The van der Waals surface area contributed by atoms with Gasteiger partial charge in [-0.3, -0.25) is 28.5 Å². The number of urea groups is 1. The first-order valence-electron chi connectivity index (χ1n) is 29.2. The number of carbonyl (C=O) groups excluding carboxylic acids is 5. The van der Waals surface area contributed by atoms with Crippen LogP contribution in [0.15, 0.2) is 54.3 Å². The molecule has 20 heteroatoms. The highest BCUT2D eigenvalue weighted by Crippen LogP contribution is 2.44. The number of thiazole rings is 1. The summed E-state index contributed by atoms with van der Waals surface area (Å²) in [6.07, 6.45) is 10.9. The number of anilines is 2. The molecule has 1 saturated carbocycles. The van der Waals surface area contributed by atoms with E-state index in [1.165, 1.54) is 0 Å². The summed E-state index contributed by atoms with van der Waals surface area (Å²) in [5, 5.41) is 29.0. The number of ketones is 1. The molecule has 436 valence electrons. The average molecular weight is 1130 g/mol. The molecule has 3 aromatic heterocycles. The summed E-state index contributed by atoms with van der Waals surface area (Å²) >= 11 is 1.58. The summed E-state index contributed by atoms with van der Waals surface area (Å²) in [6, 6.07) is 10.5. The van der Waals surface area contributed by atoms with Crippen molar-refractivity contribution in [3.8, 4) is 21.6 Å². The molecule has 6 heterocycles. The topological polar surface area (TPSA) is 200 Å². The molecule has 3 aliphatic heterocycles. The van der Waals surface area contributed by atoms with Gasteiger partial charge in [-0.15, -0.1) is 11.3 Å². The highest BCUT2D eigenvalue weighted by atomic mass is 32.1. The number of likely N-dealkylation sites (tertiary alicyclic amines) is 1. The number of nitrogens with zero attached hydrogens (tertiary/aromatic N) is 8. The summed E-state index contributed by atoms with van der Waals surface area (Å²) in [4.78, 5) is 78.8. The molecular formula is C61H81F2N11O6S. The van der Waals surface area contributed by atoms with E-state index in [-0.39, 0.29) is 60.4 Å². The number of Topliss-reactive ketones (excluding diaryl/α,β-unsaturated/α-hetero) is 1. The second-order valence-electron chi connectivity index (χ2n) is 23.8. The Morgan fingerprint density at radius 1 is 0.864 bits per heavy atom. The number of aliphatic hydroxyl groups is 1. The maximum absolute atomic E-state index is 14.8. The predicted molar refractivity (Wildman–Crippen MR) is 309 cm³/mol. The number of piperidine rings is 1. The van der Waals surface area contributed by atoms with Crippen molar-refractivity contribution in [2.24, 2.45) is 24.3 Å². The fourth-order valence-electron chi connectivity index (χ4n) is 12.6. The summed E-state index contributed by atoms with van der Waals surface area (Å²) in [6.45, 7) is 10.7. The number of aryl methyl sites for hydroxylation is 3. The fourth-order valence-corrected chi connectivity index (χ4v) is 13.4. The quantitative estimate of drug-likeness (QED) is 0.0513. The first kappa shape index (κ1) is 59.1. The summed E-state index contributed by atoms with van der Waals surface area (Å²) in [7, 11) is 3.39. The van der Waals surface area contributed by atoms with Crippen LogP contribution < -0.4 is 20.9 Å². The summed E-state index contributed by atoms with van der Waals surface area (Å²) in [5.74, 6) is -1.23. The number of hydrogen-bond acceptors (Lipinski definition) is 11. The second kappa shape index (κ2) is 26.1. The molecule has 1 aliphatic carbocycles. The Bertz CT molecular complexity index is 3030. The lowest BCUT2D eigenvalue weighted by Crippen LogP contribution is -2.52. The second-order valence-corrected chi connectivity index (χ2v) is 24.7. The normalized spacial score (nSPS) is 18.9. The summed E-state index contributed by atoms with van der Waals surface area (Å²) in [5.41, 5.74) is 8.93. The van der Waals surface area contributed by atoms with Crippen molar-refractivity contribution in [1.29, 1.82) is 0 Å². The SMILES string of the molecule is CNC(=O)N1CCc2c(c(N3CCCc4cc(-c5cnn(C)c5)c(C(F)F)cc43)nn2C2CCN(C(=O)CCCCCCCCCC(=O)N[C@H](C(=O)C3C[C@H](O)C[C@H]3C(=O)NCc3ccc(-c4scnc4C)cc3)C(C)(C)C)CC2)C1. The number of rotatable bonds is 21. The molecule has 4 atom stereocenters. The summed E-state index contributed by atoms with van der Waals surface area (Å²) < 4.78 is 33.3. The number of halogens is 2. The maximum atomic E-state index is 14.8. The minimum atomic E-state index is -2.70. The van der Waals surface area contributed by atoms with Crippen LogP contribution in [-0.2, 0) is 52.2 Å². The molecule has 9 rings (SSSR count). The van der Waals surface area contributed by atoms with Gasteiger partial charge in [0.15, 0.2) is 11.6 Å². The van der Waals surface area contributed by atoms with Crippen LogP contribution in [0.3, 0.4) is 0 Å². The van der Waals surface area contributed by atoms with E-state index >= 15 is 0 Å². The number of aliphatic hydroxyl groups excluding tert-OH is 1. The number of hydrogen-bond donors (Lipinski definition) is 4. The largest absolute Gasteiger partial charge is 0.393 e. The number of carbonyl (C=O) groups is 5. The zero-order valence-electron chi connectivity index (χ0n) is 47.9. The third-order valence-corrected chi connectivity index (χ3v) is 18.0. The van der Waals surface area contributed by atoms with Crippen molar-refractivity contribution in [2.75, 3.05) is 38.1 Å². The van der Waals surface area contributed by atoms with Crippen molar-refractivity contribution < 1.29 is 37.9 Å². The molecule has 0 radical (unpaired) electrons. The number of nitrogens with one attached hydrogen (secondary N) is 3. The zero-order chi connectivity index (χ0) is 57.5. The van der Waals surface area contributed by atoms with Crippen LogP contribution in [-0.4, -0.2) is 114 Å².